The molecule has 0 bridgehead atoms. The van der Waals surface area contributed by atoms with Gasteiger partial charge in [-0.1, -0.05) is 37.1 Å². The van der Waals surface area contributed by atoms with Crippen LogP contribution in [0.25, 0.3) is 11.1 Å². The van der Waals surface area contributed by atoms with E-state index in [2.05, 4.69) is 10.6 Å². The second-order valence-corrected chi connectivity index (χ2v) is 13.1. The van der Waals surface area contributed by atoms with Gasteiger partial charge in [-0.05, 0) is 107 Å². The molecule has 1 atom stereocenters. The summed E-state index contributed by atoms with van der Waals surface area (Å²) >= 11 is 0. The molecule has 1 aliphatic carbocycles. The molecule has 2 N–H and O–H groups in total. The lowest BCUT2D eigenvalue weighted by molar-refractivity contribution is -0.138. The number of ketones is 1. The average Bonchev–Trinajstić information content (AvgIpc) is 3.56. The molecule has 0 aromatic heterocycles. The second-order valence-electron chi connectivity index (χ2n) is 13.1. The van der Waals surface area contributed by atoms with Crippen molar-refractivity contribution in [3.63, 3.8) is 0 Å². The quantitative estimate of drug-likeness (QED) is 0.188. The molecule has 1 saturated carbocycles. The zero-order valence-corrected chi connectivity index (χ0v) is 27.8. The maximum absolute atomic E-state index is 15.1. The van der Waals surface area contributed by atoms with Gasteiger partial charge in [-0.2, -0.15) is 13.2 Å². The number of carbonyl (C=O) groups excluding carboxylic acids is 3. The van der Waals surface area contributed by atoms with Crippen molar-refractivity contribution in [1.82, 2.24) is 10.2 Å². The third-order valence-electron chi connectivity index (χ3n) is 9.34. The minimum Gasteiger partial charge on any atom is -0.325 e. The van der Waals surface area contributed by atoms with Crippen LogP contribution in [0.3, 0.4) is 0 Å². The Kier molecular flexibility index (Phi) is 10.7. The van der Waals surface area contributed by atoms with E-state index in [1.807, 2.05) is 14.1 Å². The summed E-state index contributed by atoms with van der Waals surface area (Å²) in [7, 11) is 3.63. The number of carbonyl (C=O) groups is 3. The Hall–Kier alpha value is -4.09. The molecule has 0 radical (unpaired) electrons. The summed E-state index contributed by atoms with van der Waals surface area (Å²) in [5.74, 6) is -3.21. The number of aryl methyl sites for hydroxylation is 1. The third-order valence-corrected chi connectivity index (χ3v) is 9.34. The summed E-state index contributed by atoms with van der Waals surface area (Å²) in [6, 6.07) is 12.0. The number of nitrogens with zero attached hydrogens (tertiary/aromatic N) is 2. The fourth-order valence-corrected chi connectivity index (χ4v) is 6.99. The van der Waals surface area contributed by atoms with E-state index in [1.165, 1.54) is 32.0 Å². The van der Waals surface area contributed by atoms with Gasteiger partial charge >= 0.3 is 6.18 Å². The van der Waals surface area contributed by atoms with Gasteiger partial charge in [0.05, 0.1) is 34.8 Å². The first-order valence-electron chi connectivity index (χ1n) is 16.4. The summed E-state index contributed by atoms with van der Waals surface area (Å²) in [4.78, 5) is 44.3. The summed E-state index contributed by atoms with van der Waals surface area (Å²) < 4.78 is 60.3. The van der Waals surface area contributed by atoms with E-state index in [-0.39, 0.29) is 40.9 Å². The molecule has 5 rings (SSSR count). The van der Waals surface area contributed by atoms with Crippen molar-refractivity contribution in [3.8, 4) is 11.1 Å². The van der Waals surface area contributed by atoms with E-state index in [0.717, 1.165) is 38.3 Å². The first-order chi connectivity index (χ1) is 22.8. The van der Waals surface area contributed by atoms with Crippen LogP contribution in [0.5, 0.6) is 0 Å². The number of hydrogen-bond acceptors (Lipinski definition) is 5. The number of rotatable bonds is 9. The second kappa shape index (κ2) is 14.6. The van der Waals surface area contributed by atoms with E-state index >= 15 is 17.6 Å². The molecule has 2 amide bonds. The molecular weight excluding hydrogens is 624 g/mol. The van der Waals surface area contributed by atoms with Crippen LogP contribution in [0.2, 0.25) is 0 Å². The van der Waals surface area contributed by atoms with Crippen molar-refractivity contribution in [2.45, 2.75) is 64.6 Å². The van der Waals surface area contributed by atoms with Crippen LogP contribution < -0.4 is 15.5 Å². The molecule has 0 spiro atoms. The van der Waals surface area contributed by atoms with Crippen LogP contribution in [0.4, 0.5) is 28.9 Å². The first-order valence-corrected chi connectivity index (χ1v) is 16.4. The zero-order valence-electron chi connectivity index (χ0n) is 27.8. The Labute approximate surface area is 278 Å². The highest BCUT2D eigenvalue weighted by atomic mass is 19.4. The van der Waals surface area contributed by atoms with Gasteiger partial charge in [0.25, 0.3) is 0 Å². The number of anilines is 2. The van der Waals surface area contributed by atoms with Gasteiger partial charge in [0.1, 0.15) is 5.82 Å². The topological polar surface area (TPSA) is 81.8 Å². The molecular formula is C37H42F4N4O3. The van der Waals surface area contributed by atoms with Crippen LogP contribution >= 0.6 is 0 Å². The predicted octanol–water partition coefficient (Wildman–Crippen LogP) is 7.13. The SMILES string of the molecule is Cc1cccc(F)c1C(=O)c1c(NC(=O)C2CCCNC2)cc(-c2ccc(N(C(=O)CN(C)C)C3CCCC3)cc2)c(C)c1C(F)(F)F. The van der Waals surface area contributed by atoms with Crippen LogP contribution in [0, 0.1) is 25.6 Å². The molecule has 1 saturated heterocycles. The van der Waals surface area contributed by atoms with E-state index in [4.69, 9.17) is 0 Å². The molecule has 3 aromatic carbocycles. The summed E-state index contributed by atoms with van der Waals surface area (Å²) in [5.41, 5.74) is -1.70. The lowest BCUT2D eigenvalue weighted by Crippen LogP contribution is -2.43. The van der Waals surface area contributed by atoms with Crippen LogP contribution in [0.15, 0.2) is 48.5 Å². The highest BCUT2D eigenvalue weighted by molar-refractivity contribution is 6.16. The monoisotopic (exact) mass is 666 g/mol. The van der Waals surface area contributed by atoms with Crippen LogP contribution in [-0.2, 0) is 15.8 Å². The van der Waals surface area contributed by atoms with Gasteiger partial charge < -0.3 is 20.4 Å². The summed E-state index contributed by atoms with van der Waals surface area (Å²) in [5, 5.41) is 5.77. The summed E-state index contributed by atoms with van der Waals surface area (Å²) in [6.07, 6.45) is -0.0179. The first kappa shape index (κ1) is 35.2. The van der Waals surface area contributed by atoms with E-state index in [9.17, 15) is 14.4 Å². The van der Waals surface area contributed by atoms with Gasteiger partial charge in [-0.15, -0.1) is 0 Å². The van der Waals surface area contributed by atoms with Crippen molar-refractivity contribution in [1.29, 1.82) is 0 Å². The number of piperidine rings is 1. The van der Waals surface area contributed by atoms with E-state index < -0.39 is 46.3 Å². The van der Waals surface area contributed by atoms with E-state index in [1.54, 1.807) is 34.1 Å². The maximum Gasteiger partial charge on any atom is 0.417 e. The Balaban J connectivity index is 1.65. The van der Waals surface area contributed by atoms with Gasteiger partial charge in [0.15, 0.2) is 5.78 Å². The Morgan fingerprint density at radius 3 is 2.21 bits per heavy atom. The standard InChI is InChI=1S/C37H42F4N4O3/c1-22-9-7-13-29(38)32(22)35(47)33-30(43-36(48)25-10-8-18-42-20-25)19-28(23(2)34(33)37(39,40)41)24-14-16-27(17-15-24)45(26-11-5-6-12-26)31(46)21-44(3)4/h7,9,13-17,19,25-26,42H,5-6,8,10-12,18,20-21H2,1-4H3,(H,43,48). The Morgan fingerprint density at radius 1 is 0.938 bits per heavy atom. The van der Waals surface area contributed by atoms with Gasteiger partial charge in [0.2, 0.25) is 11.8 Å². The number of alkyl halides is 3. The molecule has 11 heteroatoms. The zero-order chi connectivity index (χ0) is 34.7. The molecule has 48 heavy (non-hydrogen) atoms. The molecule has 1 aliphatic heterocycles. The number of halogens is 4. The molecule has 1 heterocycles. The minimum absolute atomic E-state index is 0.0325. The van der Waals surface area contributed by atoms with Gasteiger partial charge in [0, 0.05) is 18.3 Å². The molecule has 2 aliphatic rings. The highest BCUT2D eigenvalue weighted by Gasteiger charge is 2.41. The number of hydrogen-bond donors (Lipinski definition) is 2. The fourth-order valence-electron chi connectivity index (χ4n) is 6.99. The summed E-state index contributed by atoms with van der Waals surface area (Å²) in [6.45, 7) is 4.01. The van der Waals surface area contributed by atoms with Gasteiger partial charge in [-0.3, -0.25) is 14.4 Å². The lowest BCUT2D eigenvalue weighted by Gasteiger charge is -2.30. The van der Waals surface area contributed by atoms with Crippen molar-refractivity contribution in [2.24, 2.45) is 5.92 Å². The molecule has 3 aromatic rings. The molecule has 256 valence electrons. The maximum atomic E-state index is 15.1. The van der Waals surface area contributed by atoms with Crippen molar-refractivity contribution < 1.29 is 31.9 Å². The molecule has 2 fully saturated rings. The highest BCUT2D eigenvalue weighted by Crippen LogP contribution is 2.44. The van der Waals surface area contributed by atoms with Crippen molar-refractivity contribution >= 4 is 29.0 Å². The van der Waals surface area contributed by atoms with Crippen molar-refractivity contribution in [2.75, 3.05) is 43.9 Å². The predicted molar refractivity (Wildman–Crippen MR) is 179 cm³/mol. The number of benzene rings is 3. The fraction of sp³-hybridized carbons (Fsp3) is 0.432. The Morgan fingerprint density at radius 2 is 1.62 bits per heavy atom. The normalized spacial score (nSPS) is 17.1. The minimum atomic E-state index is -5.02. The smallest absolute Gasteiger partial charge is 0.325 e. The third kappa shape index (κ3) is 7.47. The van der Waals surface area contributed by atoms with E-state index in [0.29, 0.717) is 30.6 Å². The number of likely N-dealkylation sites (N-methyl/N-ethyl adjacent to an activating group) is 1. The Bertz CT molecular complexity index is 1660. The molecule has 7 nitrogen and oxygen atoms in total. The van der Waals surface area contributed by atoms with Crippen LogP contribution in [-0.4, -0.2) is 62.3 Å². The van der Waals surface area contributed by atoms with Crippen LogP contribution in [0.1, 0.15) is 71.1 Å². The van der Waals surface area contributed by atoms with Crippen molar-refractivity contribution in [3.05, 3.63) is 82.2 Å². The largest absolute Gasteiger partial charge is 0.417 e. The van der Waals surface area contributed by atoms with Gasteiger partial charge in [-0.25, -0.2) is 4.39 Å². The number of nitrogens with one attached hydrogen (secondary N) is 2. The lowest BCUT2D eigenvalue weighted by atomic mass is 9.86. The number of amides is 2. The average molecular weight is 667 g/mol. The molecule has 1 unspecified atom stereocenters.